The Morgan fingerprint density at radius 2 is 1.87 bits per heavy atom. The van der Waals surface area contributed by atoms with Crippen molar-refractivity contribution in [1.82, 2.24) is 10.2 Å². The molecule has 4 rings (SSSR count). The van der Waals surface area contributed by atoms with Crippen molar-refractivity contribution in [3.8, 4) is 0 Å². The standard InChI is InChI=1S/C25H36N2O3/c1-2-30-18-10-17-26-23(28)22-20-13-6-7-14-21(20)24(29)27(19-11-4-3-5-12-19)25(22)15-8-9-16-25/h6-7,13-14,19,22H,2-5,8-12,15-18H2,1H3,(H,26,28). The number of carbonyl (C=O) groups excluding carboxylic acids is 2. The number of carbonyl (C=O) groups is 2. The van der Waals surface area contributed by atoms with Gasteiger partial charge < -0.3 is 15.0 Å². The normalized spacial score (nSPS) is 23.6. The Morgan fingerprint density at radius 3 is 2.60 bits per heavy atom. The molecule has 5 nitrogen and oxygen atoms in total. The van der Waals surface area contributed by atoms with Gasteiger partial charge in [0.2, 0.25) is 5.91 Å². The van der Waals surface area contributed by atoms with Gasteiger partial charge in [0.25, 0.3) is 5.91 Å². The smallest absolute Gasteiger partial charge is 0.254 e. The molecule has 2 fully saturated rings. The first-order valence-electron chi connectivity index (χ1n) is 12.0. The summed E-state index contributed by atoms with van der Waals surface area (Å²) in [5.74, 6) is -0.0446. The molecule has 0 bridgehead atoms. The van der Waals surface area contributed by atoms with E-state index >= 15 is 0 Å². The van der Waals surface area contributed by atoms with E-state index in [1.807, 2.05) is 31.2 Å². The predicted octanol–water partition coefficient (Wildman–Crippen LogP) is 4.41. The van der Waals surface area contributed by atoms with Crippen LogP contribution in [0.1, 0.15) is 93.0 Å². The maximum Gasteiger partial charge on any atom is 0.254 e. The first kappa shape index (κ1) is 21.4. The molecular weight excluding hydrogens is 376 g/mol. The number of nitrogens with one attached hydrogen (secondary N) is 1. The lowest BCUT2D eigenvalue weighted by Crippen LogP contribution is -2.63. The molecule has 2 saturated carbocycles. The van der Waals surface area contributed by atoms with Crippen molar-refractivity contribution in [3.05, 3.63) is 35.4 Å². The van der Waals surface area contributed by atoms with Gasteiger partial charge in [-0.1, -0.05) is 50.3 Å². The number of amides is 2. The van der Waals surface area contributed by atoms with Gasteiger partial charge in [-0.3, -0.25) is 9.59 Å². The van der Waals surface area contributed by atoms with Crippen molar-refractivity contribution in [2.24, 2.45) is 0 Å². The third kappa shape index (κ3) is 3.89. The van der Waals surface area contributed by atoms with Gasteiger partial charge in [-0.25, -0.2) is 0 Å². The van der Waals surface area contributed by atoms with Crippen LogP contribution in [0.3, 0.4) is 0 Å². The minimum absolute atomic E-state index is 0.0779. The van der Waals surface area contributed by atoms with Crippen LogP contribution < -0.4 is 5.32 Å². The molecule has 1 aromatic rings. The summed E-state index contributed by atoms with van der Waals surface area (Å²) in [6.45, 7) is 3.96. The molecule has 0 aromatic heterocycles. The number of ether oxygens (including phenoxy) is 1. The largest absolute Gasteiger partial charge is 0.382 e. The molecule has 164 valence electrons. The van der Waals surface area contributed by atoms with E-state index in [0.717, 1.165) is 56.1 Å². The zero-order chi connectivity index (χ0) is 21.0. The van der Waals surface area contributed by atoms with Crippen molar-refractivity contribution in [2.75, 3.05) is 19.8 Å². The zero-order valence-electron chi connectivity index (χ0n) is 18.3. The Balaban J connectivity index is 1.67. The monoisotopic (exact) mass is 412 g/mol. The van der Waals surface area contributed by atoms with Crippen LogP contribution in [0.5, 0.6) is 0 Å². The van der Waals surface area contributed by atoms with E-state index in [1.165, 1.54) is 19.3 Å². The second-order valence-electron chi connectivity index (χ2n) is 9.14. The Bertz CT molecular complexity index is 751. The van der Waals surface area contributed by atoms with Crippen LogP contribution in [-0.2, 0) is 9.53 Å². The minimum atomic E-state index is -0.364. The fourth-order valence-electron chi connectivity index (χ4n) is 6.11. The average molecular weight is 413 g/mol. The van der Waals surface area contributed by atoms with Crippen LogP contribution in [-0.4, -0.2) is 48.1 Å². The molecule has 1 spiro atoms. The summed E-state index contributed by atoms with van der Waals surface area (Å²) in [7, 11) is 0. The third-order valence-electron chi connectivity index (χ3n) is 7.38. The highest BCUT2D eigenvalue weighted by atomic mass is 16.5. The van der Waals surface area contributed by atoms with E-state index in [0.29, 0.717) is 19.8 Å². The quantitative estimate of drug-likeness (QED) is 0.675. The SMILES string of the molecule is CCOCCCNC(=O)C1c2ccccc2C(=O)N(C2CCCCC2)C12CCCC2. The topological polar surface area (TPSA) is 58.6 Å². The van der Waals surface area contributed by atoms with Crippen LogP contribution in [0.15, 0.2) is 24.3 Å². The van der Waals surface area contributed by atoms with E-state index in [1.54, 1.807) is 0 Å². The molecule has 3 aliphatic rings. The highest BCUT2D eigenvalue weighted by Crippen LogP contribution is 2.52. The van der Waals surface area contributed by atoms with Crippen molar-refractivity contribution in [1.29, 1.82) is 0 Å². The lowest BCUT2D eigenvalue weighted by molar-refractivity contribution is -0.127. The highest BCUT2D eigenvalue weighted by Gasteiger charge is 2.57. The van der Waals surface area contributed by atoms with Gasteiger partial charge in [0.05, 0.1) is 11.5 Å². The van der Waals surface area contributed by atoms with Crippen molar-refractivity contribution in [2.45, 2.75) is 88.6 Å². The summed E-state index contributed by atoms with van der Waals surface area (Å²) in [5, 5.41) is 3.18. The molecule has 30 heavy (non-hydrogen) atoms. The summed E-state index contributed by atoms with van der Waals surface area (Å²) in [5.41, 5.74) is 1.30. The Kier molecular flexibility index (Phi) is 6.77. The van der Waals surface area contributed by atoms with E-state index in [4.69, 9.17) is 4.74 Å². The van der Waals surface area contributed by atoms with Gasteiger partial charge in [0.15, 0.2) is 0 Å². The first-order valence-corrected chi connectivity index (χ1v) is 12.0. The predicted molar refractivity (Wildman–Crippen MR) is 118 cm³/mol. The highest BCUT2D eigenvalue weighted by molar-refractivity contribution is 6.02. The number of hydrogen-bond donors (Lipinski definition) is 1. The Morgan fingerprint density at radius 1 is 1.13 bits per heavy atom. The lowest BCUT2D eigenvalue weighted by atomic mass is 9.69. The van der Waals surface area contributed by atoms with Crippen LogP contribution in [0, 0.1) is 0 Å². The van der Waals surface area contributed by atoms with Crippen molar-refractivity contribution < 1.29 is 14.3 Å². The molecule has 2 aliphatic carbocycles. The Labute approximate surface area is 180 Å². The van der Waals surface area contributed by atoms with E-state index in [2.05, 4.69) is 10.2 Å². The van der Waals surface area contributed by atoms with Gasteiger partial charge in [-0.05, 0) is 50.7 Å². The number of rotatable bonds is 7. The first-order chi connectivity index (χ1) is 14.7. The molecule has 1 aliphatic heterocycles. The summed E-state index contributed by atoms with van der Waals surface area (Å²) >= 11 is 0. The van der Waals surface area contributed by atoms with Crippen LogP contribution >= 0.6 is 0 Å². The molecule has 1 heterocycles. The van der Waals surface area contributed by atoms with Gasteiger partial charge in [0.1, 0.15) is 0 Å². The molecule has 2 amide bonds. The van der Waals surface area contributed by atoms with Gasteiger partial charge in [-0.2, -0.15) is 0 Å². The summed E-state index contributed by atoms with van der Waals surface area (Å²) in [4.78, 5) is 29.6. The second kappa shape index (κ2) is 9.51. The second-order valence-corrected chi connectivity index (χ2v) is 9.14. The van der Waals surface area contributed by atoms with Crippen LogP contribution in [0.2, 0.25) is 0 Å². The summed E-state index contributed by atoms with van der Waals surface area (Å²) in [6, 6.07) is 8.10. The van der Waals surface area contributed by atoms with E-state index in [9.17, 15) is 9.59 Å². The molecule has 1 N–H and O–H groups in total. The Hall–Kier alpha value is -1.88. The third-order valence-corrected chi connectivity index (χ3v) is 7.38. The van der Waals surface area contributed by atoms with Gasteiger partial charge >= 0.3 is 0 Å². The zero-order valence-corrected chi connectivity index (χ0v) is 18.3. The number of fused-ring (bicyclic) bond motifs is 1. The number of hydrogen-bond acceptors (Lipinski definition) is 3. The van der Waals surface area contributed by atoms with Crippen molar-refractivity contribution in [3.63, 3.8) is 0 Å². The average Bonchev–Trinajstić information content (AvgIpc) is 3.24. The van der Waals surface area contributed by atoms with Crippen LogP contribution in [0.25, 0.3) is 0 Å². The minimum Gasteiger partial charge on any atom is -0.382 e. The summed E-state index contributed by atoms with van der Waals surface area (Å²) in [6.07, 6.45) is 10.6. The molecule has 1 atom stereocenters. The van der Waals surface area contributed by atoms with E-state index < -0.39 is 0 Å². The molecule has 1 unspecified atom stereocenters. The van der Waals surface area contributed by atoms with Gasteiger partial charge in [-0.15, -0.1) is 0 Å². The molecular formula is C25H36N2O3. The molecule has 1 aromatic carbocycles. The molecule has 0 saturated heterocycles. The maximum atomic E-state index is 13.8. The molecule has 0 radical (unpaired) electrons. The fraction of sp³-hybridized carbons (Fsp3) is 0.680. The maximum absolute atomic E-state index is 13.8. The lowest BCUT2D eigenvalue weighted by Gasteiger charge is -2.54. The van der Waals surface area contributed by atoms with E-state index in [-0.39, 0.29) is 29.3 Å². The number of benzene rings is 1. The number of nitrogens with zero attached hydrogens (tertiary/aromatic N) is 1. The fourth-order valence-corrected chi connectivity index (χ4v) is 6.11. The van der Waals surface area contributed by atoms with Crippen molar-refractivity contribution >= 4 is 11.8 Å². The van der Waals surface area contributed by atoms with Gasteiger partial charge in [0, 0.05) is 31.4 Å². The van der Waals surface area contributed by atoms with Crippen LogP contribution in [0.4, 0.5) is 0 Å². The summed E-state index contributed by atoms with van der Waals surface area (Å²) < 4.78 is 5.42. The molecule has 5 heteroatoms.